The van der Waals surface area contributed by atoms with E-state index in [-0.39, 0.29) is 5.54 Å². The van der Waals surface area contributed by atoms with Gasteiger partial charge in [0, 0.05) is 10.8 Å². The molecule has 16 heavy (non-hydrogen) atoms. The molecule has 1 aliphatic carbocycles. The summed E-state index contributed by atoms with van der Waals surface area (Å²) >= 11 is 2.12. The van der Waals surface area contributed by atoms with Crippen LogP contribution in [0, 0.1) is 0 Å². The fourth-order valence-electron chi connectivity index (χ4n) is 2.56. The number of nitrogens with one attached hydrogen (secondary N) is 1. The van der Waals surface area contributed by atoms with E-state index in [1.54, 1.807) is 0 Å². The predicted octanol–water partition coefficient (Wildman–Crippen LogP) is 2.80. The molecule has 2 nitrogen and oxygen atoms in total. The quantitative estimate of drug-likeness (QED) is 0.645. The molecule has 0 aliphatic heterocycles. The molecule has 0 radical (unpaired) electrons. The van der Waals surface area contributed by atoms with Crippen molar-refractivity contribution >= 4 is 11.8 Å². The maximum atomic E-state index is 9.50. The van der Waals surface area contributed by atoms with Crippen molar-refractivity contribution in [2.75, 3.05) is 18.9 Å². The third kappa shape index (κ3) is 4.27. The van der Waals surface area contributed by atoms with Crippen molar-refractivity contribution in [3.8, 4) is 0 Å². The second-order valence-corrected chi connectivity index (χ2v) is 6.32. The molecule has 2 unspecified atom stereocenters. The van der Waals surface area contributed by atoms with Crippen LogP contribution < -0.4 is 5.32 Å². The van der Waals surface area contributed by atoms with Gasteiger partial charge in [0.2, 0.25) is 0 Å². The minimum atomic E-state index is 0.0389. The zero-order chi connectivity index (χ0) is 11.9. The molecule has 96 valence electrons. The first-order valence-corrected chi connectivity index (χ1v) is 7.78. The van der Waals surface area contributed by atoms with Crippen molar-refractivity contribution < 1.29 is 5.11 Å². The number of unbranched alkanes of at least 4 members (excludes halogenated alkanes) is 2. The minimum Gasteiger partial charge on any atom is -0.394 e. The lowest BCUT2D eigenvalue weighted by atomic mass is 9.99. The van der Waals surface area contributed by atoms with Crippen LogP contribution >= 0.6 is 11.8 Å². The van der Waals surface area contributed by atoms with Crippen LogP contribution in [0.15, 0.2) is 0 Å². The summed E-state index contributed by atoms with van der Waals surface area (Å²) in [5, 5.41) is 13.7. The molecule has 0 spiro atoms. The van der Waals surface area contributed by atoms with Gasteiger partial charge in [-0.2, -0.15) is 11.8 Å². The first-order valence-electron chi connectivity index (χ1n) is 6.74. The Morgan fingerprint density at radius 3 is 2.81 bits per heavy atom. The molecular formula is C13H27NOS. The smallest absolute Gasteiger partial charge is 0.0613 e. The van der Waals surface area contributed by atoms with E-state index in [1.165, 1.54) is 31.4 Å². The fraction of sp³-hybridized carbons (Fsp3) is 1.00. The van der Waals surface area contributed by atoms with Gasteiger partial charge in [0.15, 0.2) is 0 Å². The van der Waals surface area contributed by atoms with Crippen LogP contribution in [-0.4, -0.2) is 34.8 Å². The second kappa shape index (κ2) is 7.57. The number of hydrogen-bond donors (Lipinski definition) is 2. The molecule has 1 fully saturated rings. The zero-order valence-corrected chi connectivity index (χ0v) is 11.6. The van der Waals surface area contributed by atoms with Gasteiger partial charge in [0.1, 0.15) is 0 Å². The van der Waals surface area contributed by atoms with Gasteiger partial charge in [-0.15, -0.1) is 0 Å². The summed E-state index contributed by atoms with van der Waals surface area (Å²) in [5.74, 6) is 1.30. The van der Waals surface area contributed by atoms with Gasteiger partial charge >= 0.3 is 0 Å². The largest absolute Gasteiger partial charge is 0.394 e. The van der Waals surface area contributed by atoms with Gasteiger partial charge in [0.25, 0.3) is 0 Å². The van der Waals surface area contributed by atoms with Crippen molar-refractivity contribution in [2.24, 2.45) is 0 Å². The van der Waals surface area contributed by atoms with E-state index in [0.717, 1.165) is 24.6 Å². The number of likely N-dealkylation sites (N-methyl/N-ethyl adjacent to an activating group) is 1. The molecule has 3 heteroatoms. The van der Waals surface area contributed by atoms with E-state index in [1.807, 2.05) is 0 Å². The number of aliphatic hydroxyl groups is 1. The Bertz CT molecular complexity index is 189. The van der Waals surface area contributed by atoms with E-state index >= 15 is 0 Å². The van der Waals surface area contributed by atoms with E-state index in [0.29, 0.717) is 6.61 Å². The summed E-state index contributed by atoms with van der Waals surface area (Å²) in [4.78, 5) is 0. The topological polar surface area (TPSA) is 32.3 Å². The lowest BCUT2D eigenvalue weighted by molar-refractivity contribution is 0.167. The molecule has 1 saturated carbocycles. The standard InChI is InChI=1S/C13H27NOS/c1-3-5-6-9-16-12-7-8-13(10-12,11-15)14-4-2/h12,14-15H,3-11H2,1-2H3. The molecule has 2 N–H and O–H groups in total. The Morgan fingerprint density at radius 2 is 2.19 bits per heavy atom. The Kier molecular flexibility index (Phi) is 6.78. The van der Waals surface area contributed by atoms with E-state index < -0.39 is 0 Å². The van der Waals surface area contributed by atoms with Crippen LogP contribution in [0.3, 0.4) is 0 Å². The number of thioether (sulfide) groups is 1. The first-order chi connectivity index (χ1) is 7.76. The highest BCUT2D eigenvalue weighted by Gasteiger charge is 2.37. The van der Waals surface area contributed by atoms with Crippen LogP contribution in [-0.2, 0) is 0 Å². The third-order valence-electron chi connectivity index (χ3n) is 3.52. The molecular weight excluding hydrogens is 218 g/mol. The third-order valence-corrected chi connectivity index (χ3v) is 4.92. The summed E-state index contributed by atoms with van der Waals surface area (Å²) in [5.41, 5.74) is 0.0389. The normalized spacial score (nSPS) is 29.8. The van der Waals surface area contributed by atoms with Gasteiger partial charge in [-0.1, -0.05) is 26.7 Å². The second-order valence-electron chi connectivity index (χ2n) is 4.91. The average molecular weight is 245 g/mol. The fourth-order valence-corrected chi connectivity index (χ4v) is 3.98. The van der Waals surface area contributed by atoms with Crippen molar-refractivity contribution in [1.82, 2.24) is 5.32 Å². The van der Waals surface area contributed by atoms with E-state index in [9.17, 15) is 5.11 Å². The minimum absolute atomic E-state index is 0.0389. The van der Waals surface area contributed by atoms with Gasteiger partial charge in [-0.3, -0.25) is 0 Å². The number of hydrogen-bond acceptors (Lipinski definition) is 3. The molecule has 0 saturated heterocycles. The summed E-state index contributed by atoms with van der Waals surface area (Å²) in [7, 11) is 0. The van der Waals surface area contributed by atoms with Gasteiger partial charge < -0.3 is 10.4 Å². The molecule has 0 aromatic heterocycles. The average Bonchev–Trinajstić information content (AvgIpc) is 2.70. The zero-order valence-electron chi connectivity index (χ0n) is 10.8. The Morgan fingerprint density at radius 1 is 1.38 bits per heavy atom. The van der Waals surface area contributed by atoms with Crippen LogP contribution in [0.2, 0.25) is 0 Å². The van der Waals surface area contributed by atoms with E-state index in [4.69, 9.17) is 0 Å². The highest BCUT2D eigenvalue weighted by molar-refractivity contribution is 7.99. The van der Waals surface area contributed by atoms with Crippen LogP contribution in [0.5, 0.6) is 0 Å². The van der Waals surface area contributed by atoms with Gasteiger partial charge in [-0.25, -0.2) is 0 Å². The number of aliphatic hydroxyl groups excluding tert-OH is 1. The summed E-state index contributed by atoms with van der Waals surface area (Å²) in [6.45, 7) is 5.64. The summed E-state index contributed by atoms with van der Waals surface area (Å²) in [6.07, 6.45) is 7.58. The molecule has 1 aliphatic rings. The lowest BCUT2D eigenvalue weighted by Gasteiger charge is -2.28. The molecule has 0 aromatic carbocycles. The molecule has 0 amide bonds. The molecule has 2 atom stereocenters. The van der Waals surface area contributed by atoms with Crippen molar-refractivity contribution in [3.05, 3.63) is 0 Å². The highest BCUT2D eigenvalue weighted by Crippen LogP contribution is 2.37. The molecule has 0 aromatic rings. The Hall–Kier alpha value is 0.270. The summed E-state index contributed by atoms with van der Waals surface area (Å²) in [6, 6.07) is 0. The van der Waals surface area contributed by atoms with Crippen molar-refractivity contribution in [2.45, 2.75) is 63.2 Å². The predicted molar refractivity (Wildman–Crippen MR) is 73.1 cm³/mol. The Labute approximate surface area is 105 Å². The highest BCUT2D eigenvalue weighted by atomic mass is 32.2. The SMILES string of the molecule is CCCCCSC1CCC(CO)(NCC)C1. The lowest BCUT2D eigenvalue weighted by Crippen LogP contribution is -2.46. The van der Waals surface area contributed by atoms with Crippen LogP contribution in [0.4, 0.5) is 0 Å². The molecule has 1 rings (SSSR count). The summed E-state index contributed by atoms with van der Waals surface area (Å²) < 4.78 is 0. The Balaban J connectivity index is 2.22. The monoisotopic (exact) mass is 245 g/mol. The first kappa shape index (κ1) is 14.3. The van der Waals surface area contributed by atoms with Gasteiger partial charge in [0.05, 0.1) is 6.61 Å². The molecule has 0 heterocycles. The van der Waals surface area contributed by atoms with Crippen molar-refractivity contribution in [1.29, 1.82) is 0 Å². The van der Waals surface area contributed by atoms with Gasteiger partial charge in [-0.05, 0) is 38.0 Å². The maximum absolute atomic E-state index is 9.50. The maximum Gasteiger partial charge on any atom is 0.0613 e. The molecule has 0 bridgehead atoms. The van der Waals surface area contributed by atoms with Crippen LogP contribution in [0.1, 0.15) is 52.4 Å². The number of rotatable bonds is 8. The van der Waals surface area contributed by atoms with Crippen molar-refractivity contribution in [3.63, 3.8) is 0 Å². The van der Waals surface area contributed by atoms with Crippen LogP contribution in [0.25, 0.3) is 0 Å². The van der Waals surface area contributed by atoms with E-state index in [2.05, 4.69) is 30.9 Å².